The highest BCUT2D eigenvalue weighted by atomic mass is 79.9. The highest BCUT2D eigenvalue weighted by molar-refractivity contribution is 9.10. The van der Waals surface area contributed by atoms with Crippen molar-refractivity contribution < 1.29 is 19.1 Å². The smallest absolute Gasteiger partial charge is 0.326 e. The maximum atomic E-state index is 11.6. The van der Waals surface area contributed by atoms with Crippen molar-refractivity contribution in [3.05, 3.63) is 63.8 Å². The average Bonchev–Trinajstić information content (AvgIpc) is 2.93. The minimum absolute atomic E-state index is 0.195. The molecule has 2 aromatic rings. The average molecular weight is 417 g/mol. The second-order valence-electron chi connectivity index (χ2n) is 5.52. The Morgan fingerprint density at radius 2 is 1.77 bits per heavy atom. The van der Waals surface area contributed by atoms with Crippen LogP contribution in [0.4, 0.5) is 4.79 Å². The molecule has 0 spiro atoms. The number of hydrogen-bond donors (Lipinski definition) is 2. The van der Waals surface area contributed by atoms with Crippen LogP contribution >= 0.6 is 15.9 Å². The van der Waals surface area contributed by atoms with Crippen LogP contribution in [0.1, 0.15) is 18.1 Å². The van der Waals surface area contributed by atoms with E-state index in [1.807, 2.05) is 31.2 Å². The number of imide groups is 1. The monoisotopic (exact) mass is 416 g/mol. The number of amides is 3. The molecule has 0 bridgehead atoms. The fraction of sp³-hybridized carbons (Fsp3) is 0.158. The molecule has 0 saturated carbocycles. The summed E-state index contributed by atoms with van der Waals surface area (Å²) in [5.41, 5.74) is 1.95. The van der Waals surface area contributed by atoms with E-state index in [1.165, 1.54) is 0 Å². The molecule has 1 aliphatic heterocycles. The number of urea groups is 1. The molecular formula is C19H17BrN2O4. The lowest BCUT2D eigenvalue weighted by molar-refractivity contribution is -0.115. The van der Waals surface area contributed by atoms with Crippen molar-refractivity contribution in [2.45, 2.75) is 13.5 Å². The molecule has 0 atom stereocenters. The molecule has 134 valence electrons. The second kappa shape index (κ2) is 8.05. The fourth-order valence-corrected chi connectivity index (χ4v) is 2.66. The Hall–Kier alpha value is -2.80. The Bertz CT molecular complexity index is 862. The Kier molecular flexibility index (Phi) is 5.58. The van der Waals surface area contributed by atoms with E-state index in [0.717, 1.165) is 15.6 Å². The van der Waals surface area contributed by atoms with Gasteiger partial charge in [0.1, 0.15) is 12.3 Å². The van der Waals surface area contributed by atoms with Gasteiger partial charge in [-0.2, -0.15) is 0 Å². The Labute approximate surface area is 159 Å². The van der Waals surface area contributed by atoms with Crippen molar-refractivity contribution in [2.24, 2.45) is 0 Å². The van der Waals surface area contributed by atoms with E-state index in [-0.39, 0.29) is 5.70 Å². The van der Waals surface area contributed by atoms with Gasteiger partial charge in [-0.15, -0.1) is 0 Å². The molecule has 3 rings (SSSR count). The minimum Gasteiger partial charge on any atom is -0.490 e. The van der Waals surface area contributed by atoms with Crippen LogP contribution in [-0.2, 0) is 11.4 Å². The maximum absolute atomic E-state index is 11.6. The van der Waals surface area contributed by atoms with Crippen LogP contribution in [0.2, 0.25) is 0 Å². The van der Waals surface area contributed by atoms with Gasteiger partial charge >= 0.3 is 6.03 Å². The van der Waals surface area contributed by atoms with Crippen LogP contribution < -0.4 is 20.1 Å². The molecule has 3 amide bonds. The quantitative estimate of drug-likeness (QED) is 0.556. The summed E-state index contributed by atoms with van der Waals surface area (Å²) in [5, 5.41) is 4.62. The second-order valence-corrected chi connectivity index (χ2v) is 6.44. The first kappa shape index (κ1) is 18.0. The molecule has 1 aliphatic rings. The van der Waals surface area contributed by atoms with Crippen molar-refractivity contribution in [3.8, 4) is 11.5 Å². The zero-order valence-corrected chi connectivity index (χ0v) is 15.6. The molecule has 26 heavy (non-hydrogen) atoms. The Balaban J connectivity index is 1.78. The van der Waals surface area contributed by atoms with Crippen LogP contribution in [0.25, 0.3) is 6.08 Å². The van der Waals surface area contributed by atoms with Gasteiger partial charge in [-0.1, -0.05) is 34.1 Å². The first-order valence-electron chi connectivity index (χ1n) is 8.03. The molecule has 2 N–H and O–H groups in total. The summed E-state index contributed by atoms with van der Waals surface area (Å²) in [6.45, 7) is 2.77. The normalized spacial score (nSPS) is 14.9. The number of rotatable bonds is 6. The number of carbonyl (C=O) groups excluding carboxylic acids is 2. The minimum atomic E-state index is -0.527. The highest BCUT2D eigenvalue weighted by Gasteiger charge is 2.22. The predicted molar refractivity (Wildman–Crippen MR) is 101 cm³/mol. The first-order valence-corrected chi connectivity index (χ1v) is 8.82. The molecule has 1 saturated heterocycles. The molecule has 7 heteroatoms. The van der Waals surface area contributed by atoms with Gasteiger partial charge in [0.15, 0.2) is 11.5 Å². The topological polar surface area (TPSA) is 76.7 Å². The van der Waals surface area contributed by atoms with Gasteiger partial charge in [0.25, 0.3) is 5.91 Å². The maximum Gasteiger partial charge on any atom is 0.326 e. The Morgan fingerprint density at radius 1 is 1.00 bits per heavy atom. The zero-order valence-electron chi connectivity index (χ0n) is 14.0. The van der Waals surface area contributed by atoms with E-state index in [1.54, 1.807) is 24.3 Å². The number of halogens is 1. The summed E-state index contributed by atoms with van der Waals surface area (Å²) in [6.07, 6.45) is 1.58. The van der Waals surface area contributed by atoms with Gasteiger partial charge in [-0.05, 0) is 48.4 Å². The van der Waals surface area contributed by atoms with E-state index >= 15 is 0 Å². The summed E-state index contributed by atoms with van der Waals surface area (Å²) in [7, 11) is 0. The molecule has 0 unspecified atom stereocenters. The third-order valence-electron chi connectivity index (χ3n) is 3.61. The third-order valence-corrected chi connectivity index (χ3v) is 4.13. The van der Waals surface area contributed by atoms with Gasteiger partial charge in [0.2, 0.25) is 0 Å². The van der Waals surface area contributed by atoms with Crippen LogP contribution in [-0.4, -0.2) is 18.5 Å². The molecule has 2 aromatic carbocycles. The third kappa shape index (κ3) is 4.43. The molecule has 1 fully saturated rings. The number of carbonyl (C=O) groups is 2. The molecule has 0 aromatic heterocycles. The van der Waals surface area contributed by atoms with E-state index in [9.17, 15) is 9.59 Å². The molecule has 6 nitrogen and oxygen atoms in total. The fourth-order valence-electron chi connectivity index (χ4n) is 2.39. The molecule has 1 heterocycles. The summed E-state index contributed by atoms with van der Waals surface area (Å²) < 4.78 is 12.5. The number of benzene rings is 2. The highest BCUT2D eigenvalue weighted by Crippen LogP contribution is 2.30. The van der Waals surface area contributed by atoms with Crippen molar-refractivity contribution >= 4 is 33.9 Å². The first-order chi connectivity index (χ1) is 12.5. The van der Waals surface area contributed by atoms with Crippen LogP contribution in [0.15, 0.2) is 52.6 Å². The molecule has 0 aliphatic carbocycles. The van der Waals surface area contributed by atoms with E-state index in [2.05, 4.69) is 26.6 Å². The van der Waals surface area contributed by atoms with E-state index in [4.69, 9.17) is 9.47 Å². The molecule has 0 radical (unpaired) electrons. The summed E-state index contributed by atoms with van der Waals surface area (Å²) >= 11 is 3.40. The Morgan fingerprint density at radius 3 is 2.42 bits per heavy atom. The zero-order chi connectivity index (χ0) is 18.5. The van der Waals surface area contributed by atoms with Crippen molar-refractivity contribution in [1.29, 1.82) is 0 Å². The lowest BCUT2D eigenvalue weighted by Gasteiger charge is -2.13. The summed E-state index contributed by atoms with van der Waals surface area (Å²) in [5.74, 6) is 0.726. The predicted octanol–water partition coefficient (Wildman–Crippen LogP) is 3.61. The standard InChI is InChI=1S/C19H17BrN2O4/c1-2-25-17-10-13(9-15-18(23)22-19(24)21-15)5-8-16(17)26-11-12-3-6-14(20)7-4-12/h3-10H,2,11H2,1H3,(H2,21,22,23,24)/b15-9-. The van der Waals surface area contributed by atoms with E-state index in [0.29, 0.717) is 24.7 Å². The van der Waals surface area contributed by atoms with Crippen LogP contribution in [0, 0.1) is 0 Å². The largest absolute Gasteiger partial charge is 0.490 e. The van der Waals surface area contributed by atoms with Gasteiger partial charge in [0.05, 0.1) is 6.61 Å². The molecular weight excluding hydrogens is 400 g/mol. The summed E-state index contributed by atoms with van der Waals surface area (Å²) in [6, 6.07) is 12.7. The van der Waals surface area contributed by atoms with Gasteiger partial charge in [0, 0.05) is 4.47 Å². The lowest BCUT2D eigenvalue weighted by atomic mass is 10.1. The van der Waals surface area contributed by atoms with Crippen molar-refractivity contribution in [1.82, 2.24) is 10.6 Å². The number of hydrogen-bond acceptors (Lipinski definition) is 4. The van der Waals surface area contributed by atoms with Gasteiger partial charge < -0.3 is 14.8 Å². The summed E-state index contributed by atoms with van der Waals surface area (Å²) in [4.78, 5) is 22.8. The van der Waals surface area contributed by atoms with Crippen LogP contribution in [0.3, 0.4) is 0 Å². The van der Waals surface area contributed by atoms with Crippen LogP contribution in [0.5, 0.6) is 11.5 Å². The van der Waals surface area contributed by atoms with Gasteiger partial charge in [-0.25, -0.2) is 4.79 Å². The SMILES string of the molecule is CCOc1cc(/C=C2\NC(=O)NC2=O)ccc1OCc1ccc(Br)cc1. The lowest BCUT2D eigenvalue weighted by Crippen LogP contribution is -2.22. The van der Waals surface area contributed by atoms with Crippen molar-refractivity contribution in [2.75, 3.05) is 6.61 Å². The number of nitrogens with one attached hydrogen (secondary N) is 2. The van der Waals surface area contributed by atoms with Gasteiger partial charge in [-0.3, -0.25) is 10.1 Å². The number of ether oxygens (including phenoxy) is 2. The van der Waals surface area contributed by atoms with Crippen molar-refractivity contribution in [3.63, 3.8) is 0 Å². The van der Waals surface area contributed by atoms with E-state index < -0.39 is 11.9 Å².